The van der Waals surface area contributed by atoms with E-state index < -0.39 is 5.97 Å². The summed E-state index contributed by atoms with van der Waals surface area (Å²) in [6.07, 6.45) is 1.85. The highest BCUT2D eigenvalue weighted by Crippen LogP contribution is 2.39. The molecule has 0 radical (unpaired) electrons. The number of hydrogen-bond acceptors (Lipinski definition) is 6. The molecule has 1 heterocycles. The molecule has 0 fully saturated rings. The molecule has 6 nitrogen and oxygen atoms in total. The normalized spacial score (nSPS) is 13.9. The van der Waals surface area contributed by atoms with E-state index in [2.05, 4.69) is 4.74 Å². The molecule has 0 saturated heterocycles. The van der Waals surface area contributed by atoms with E-state index in [0.29, 0.717) is 33.8 Å². The smallest absolute Gasteiger partial charge is 0.337 e. The van der Waals surface area contributed by atoms with E-state index in [1.807, 2.05) is 0 Å². The Hall–Kier alpha value is -3.41. The van der Waals surface area contributed by atoms with Crippen LogP contribution in [0.4, 0.5) is 0 Å². The number of rotatable bonds is 4. The van der Waals surface area contributed by atoms with Crippen LogP contribution in [0.5, 0.6) is 11.5 Å². The number of ether oxygens (including phenoxy) is 3. The second-order valence-electron chi connectivity index (χ2n) is 5.95. The largest absolute Gasteiger partial charge is 0.465 e. The average molecular weight is 366 g/mol. The molecule has 0 bridgehead atoms. The molecule has 2 aromatic rings. The number of Topliss-reactive ketones (excluding diaryl/α,β-unsaturated/α-hetero) is 1. The number of allylic oxidation sites excluding steroid dienone is 1. The maximum absolute atomic E-state index is 12.6. The quantitative estimate of drug-likeness (QED) is 0.466. The zero-order valence-electron chi connectivity index (χ0n) is 15.2. The van der Waals surface area contributed by atoms with Crippen molar-refractivity contribution in [3.8, 4) is 11.5 Å². The van der Waals surface area contributed by atoms with Gasteiger partial charge in [0.25, 0.3) is 0 Å². The number of esters is 2. The lowest BCUT2D eigenvalue weighted by Gasteiger charge is -2.09. The Balaban J connectivity index is 1.88. The molecule has 0 saturated carbocycles. The maximum Gasteiger partial charge on any atom is 0.337 e. The highest BCUT2D eigenvalue weighted by atomic mass is 16.5. The second kappa shape index (κ2) is 7.45. The molecule has 0 unspecified atom stereocenters. The fourth-order valence-corrected chi connectivity index (χ4v) is 2.66. The molecule has 0 spiro atoms. The lowest BCUT2D eigenvalue weighted by atomic mass is 10.1. The zero-order valence-corrected chi connectivity index (χ0v) is 15.2. The topological polar surface area (TPSA) is 78.9 Å². The molecule has 0 aromatic heterocycles. The Morgan fingerprint density at radius 1 is 1.11 bits per heavy atom. The van der Waals surface area contributed by atoms with Crippen LogP contribution in [0.3, 0.4) is 0 Å². The molecular weight excluding hydrogens is 348 g/mol. The van der Waals surface area contributed by atoms with Crippen LogP contribution in [-0.2, 0) is 9.53 Å². The van der Waals surface area contributed by atoms with Crippen molar-refractivity contribution < 1.29 is 28.6 Å². The SMILES string of the molecule is CCC(=O)Oc1ccc2c(c1C)O/C(=C\c1ccc(C(=O)OC)cc1)C2=O. The van der Waals surface area contributed by atoms with Gasteiger partial charge in [-0.05, 0) is 42.8 Å². The maximum atomic E-state index is 12.6. The van der Waals surface area contributed by atoms with Crippen LogP contribution in [0.25, 0.3) is 6.08 Å². The minimum atomic E-state index is -0.431. The number of fused-ring (bicyclic) bond motifs is 1. The summed E-state index contributed by atoms with van der Waals surface area (Å²) in [5, 5.41) is 0. The fraction of sp³-hybridized carbons (Fsp3) is 0.190. The second-order valence-corrected chi connectivity index (χ2v) is 5.95. The third-order valence-corrected chi connectivity index (χ3v) is 4.18. The highest BCUT2D eigenvalue weighted by Gasteiger charge is 2.30. The third-order valence-electron chi connectivity index (χ3n) is 4.18. The lowest BCUT2D eigenvalue weighted by molar-refractivity contribution is -0.134. The van der Waals surface area contributed by atoms with Gasteiger partial charge in [0.1, 0.15) is 11.5 Å². The molecule has 0 aliphatic carbocycles. The summed E-state index contributed by atoms with van der Waals surface area (Å²) in [4.78, 5) is 35.6. The first kappa shape index (κ1) is 18.4. The number of carbonyl (C=O) groups excluding carboxylic acids is 3. The molecule has 0 atom stereocenters. The molecule has 27 heavy (non-hydrogen) atoms. The van der Waals surface area contributed by atoms with Crippen LogP contribution in [0.2, 0.25) is 0 Å². The van der Waals surface area contributed by atoms with Crippen LogP contribution >= 0.6 is 0 Å². The summed E-state index contributed by atoms with van der Waals surface area (Å²) >= 11 is 0. The summed E-state index contributed by atoms with van der Waals surface area (Å²) in [5.41, 5.74) is 2.13. The summed E-state index contributed by atoms with van der Waals surface area (Å²) in [7, 11) is 1.31. The Morgan fingerprint density at radius 3 is 2.44 bits per heavy atom. The van der Waals surface area contributed by atoms with Crippen molar-refractivity contribution in [1.29, 1.82) is 0 Å². The van der Waals surface area contributed by atoms with E-state index in [-0.39, 0.29) is 23.9 Å². The zero-order chi connectivity index (χ0) is 19.6. The van der Waals surface area contributed by atoms with Crippen molar-refractivity contribution in [3.05, 3.63) is 64.4 Å². The Bertz CT molecular complexity index is 953. The van der Waals surface area contributed by atoms with Crippen molar-refractivity contribution >= 4 is 23.8 Å². The number of ketones is 1. The number of hydrogen-bond donors (Lipinski definition) is 0. The molecule has 1 aliphatic heterocycles. The van der Waals surface area contributed by atoms with Crippen LogP contribution in [0.15, 0.2) is 42.2 Å². The molecule has 3 rings (SSSR count). The van der Waals surface area contributed by atoms with Gasteiger partial charge in [0.2, 0.25) is 5.78 Å². The standard InChI is InChI=1S/C21H18O6/c1-4-18(22)26-16-10-9-15-19(23)17(27-20(15)12(16)2)11-13-5-7-14(8-6-13)21(24)25-3/h5-11H,4H2,1-3H3/b17-11-. The monoisotopic (exact) mass is 366 g/mol. The van der Waals surface area contributed by atoms with Crippen LogP contribution < -0.4 is 9.47 Å². The summed E-state index contributed by atoms with van der Waals surface area (Å²) in [6, 6.07) is 9.79. The number of carbonyl (C=O) groups is 3. The third kappa shape index (κ3) is 3.60. The first-order chi connectivity index (χ1) is 12.9. The summed E-state index contributed by atoms with van der Waals surface area (Å²) in [5.74, 6) is -0.115. The highest BCUT2D eigenvalue weighted by molar-refractivity contribution is 6.15. The Kier molecular flexibility index (Phi) is 5.07. The van der Waals surface area contributed by atoms with E-state index in [1.165, 1.54) is 7.11 Å². The van der Waals surface area contributed by atoms with E-state index in [1.54, 1.807) is 56.3 Å². The first-order valence-corrected chi connectivity index (χ1v) is 8.41. The molecule has 0 amide bonds. The molecule has 0 N–H and O–H groups in total. The molecular formula is C21H18O6. The minimum Gasteiger partial charge on any atom is -0.465 e. The minimum absolute atomic E-state index is 0.165. The molecule has 2 aromatic carbocycles. The molecule has 1 aliphatic rings. The first-order valence-electron chi connectivity index (χ1n) is 8.41. The predicted octanol–water partition coefficient (Wildman–Crippen LogP) is 3.71. The van der Waals surface area contributed by atoms with Gasteiger partial charge in [-0.15, -0.1) is 0 Å². The van der Waals surface area contributed by atoms with Crippen molar-refractivity contribution in [2.24, 2.45) is 0 Å². The Morgan fingerprint density at radius 2 is 1.81 bits per heavy atom. The van der Waals surface area contributed by atoms with E-state index in [4.69, 9.17) is 9.47 Å². The van der Waals surface area contributed by atoms with Gasteiger partial charge in [-0.3, -0.25) is 9.59 Å². The predicted molar refractivity (Wildman–Crippen MR) is 97.8 cm³/mol. The van der Waals surface area contributed by atoms with Gasteiger partial charge in [-0.2, -0.15) is 0 Å². The van der Waals surface area contributed by atoms with Crippen molar-refractivity contribution in [2.75, 3.05) is 7.11 Å². The van der Waals surface area contributed by atoms with E-state index in [9.17, 15) is 14.4 Å². The fourth-order valence-electron chi connectivity index (χ4n) is 2.66. The van der Waals surface area contributed by atoms with Gasteiger partial charge in [-0.25, -0.2) is 4.79 Å². The average Bonchev–Trinajstić information content (AvgIpc) is 3.00. The van der Waals surface area contributed by atoms with Crippen molar-refractivity contribution in [3.63, 3.8) is 0 Å². The number of methoxy groups -OCH3 is 1. The van der Waals surface area contributed by atoms with Gasteiger partial charge in [0.05, 0.1) is 18.2 Å². The van der Waals surface area contributed by atoms with E-state index in [0.717, 1.165) is 0 Å². The molecule has 6 heteroatoms. The van der Waals surface area contributed by atoms with Gasteiger partial charge < -0.3 is 14.2 Å². The van der Waals surface area contributed by atoms with E-state index >= 15 is 0 Å². The van der Waals surface area contributed by atoms with Crippen molar-refractivity contribution in [1.82, 2.24) is 0 Å². The van der Waals surface area contributed by atoms with Gasteiger partial charge in [0, 0.05) is 12.0 Å². The van der Waals surface area contributed by atoms with Gasteiger partial charge in [-0.1, -0.05) is 19.1 Å². The van der Waals surface area contributed by atoms with Crippen LogP contribution in [0.1, 0.15) is 45.2 Å². The van der Waals surface area contributed by atoms with Gasteiger partial charge >= 0.3 is 11.9 Å². The van der Waals surface area contributed by atoms with Crippen LogP contribution in [0, 0.1) is 6.92 Å². The number of benzene rings is 2. The summed E-state index contributed by atoms with van der Waals surface area (Å²) < 4.78 is 15.7. The molecule has 138 valence electrons. The van der Waals surface area contributed by atoms with Crippen LogP contribution in [-0.4, -0.2) is 24.8 Å². The van der Waals surface area contributed by atoms with Crippen molar-refractivity contribution in [2.45, 2.75) is 20.3 Å². The Labute approximate surface area is 156 Å². The lowest BCUT2D eigenvalue weighted by Crippen LogP contribution is -2.06. The van der Waals surface area contributed by atoms with Gasteiger partial charge in [0.15, 0.2) is 5.76 Å². The summed E-state index contributed by atoms with van der Waals surface area (Å²) in [6.45, 7) is 3.44.